The minimum Gasteiger partial charge on any atom is -0.477 e. The van der Waals surface area contributed by atoms with E-state index in [1.807, 2.05) is 0 Å². The maximum absolute atomic E-state index is 6.22. The van der Waals surface area contributed by atoms with Gasteiger partial charge < -0.3 is 4.74 Å². The summed E-state index contributed by atoms with van der Waals surface area (Å²) in [7, 11) is 0. The van der Waals surface area contributed by atoms with Crippen molar-refractivity contribution < 1.29 is 4.74 Å². The molecule has 24 heavy (non-hydrogen) atoms. The summed E-state index contributed by atoms with van der Waals surface area (Å²) < 4.78 is 6.22. The van der Waals surface area contributed by atoms with Gasteiger partial charge in [-0.15, -0.1) is 0 Å². The molecule has 0 radical (unpaired) electrons. The molecular weight excluding hydrogens is 296 g/mol. The van der Waals surface area contributed by atoms with Gasteiger partial charge in [-0.1, -0.05) is 38.0 Å². The Morgan fingerprint density at radius 1 is 1.25 bits per heavy atom. The Morgan fingerprint density at radius 3 is 2.58 bits per heavy atom. The number of rotatable bonds is 6. The number of unbranched alkanes of at least 4 members (excludes halogenated alkanes) is 1. The first kappa shape index (κ1) is 19.0. The fraction of sp³-hybridized carbons (Fsp3) is 0.667. The van der Waals surface area contributed by atoms with Gasteiger partial charge in [-0.2, -0.15) is 0 Å². The van der Waals surface area contributed by atoms with E-state index < -0.39 is 0 Å². The molecule has 1 aliphatic heterocycles. The SMILES string of the molecule is CCCCN1CCCCC1/C(=N/c1c(C)cccc1C)OC(C)C. The third-order valence-corrected chi connectivity index (χ3v) is 4.72. The summed E-state index contributed by atoms with van der Waals surface area (Å²) in [6, 6.07) is 6.69. The van der Waals surface area contributed by atoms with Gasteiger partial charge in [-0.05, 0) is 71.2 Å². The van der Waals surface area contributed by atoms with Gasteiger partial charge in [0.05, 0.1) is 17.8 Å². The summed E-state index contributed by atoms with van der Waals surface area (Å²) in [5.41, 5.74) is 3.51. The highest BCUT2D eigenvalue weighted by Crippen LogP contribution is 2.27. The van der Waals surface area contributed by atoms with Gasteiger partial charge in [0.25, 0.3) is 0 Å². The average Bonchev–Trinajstić information content (AvgIpc) is 2.55. The molecule has 1 heterocycles. The number of ether oxygens (including phenoxy) is 1. The Labute approximate surface area is 148 Å². The van der Waals surface area contributed by atoms with Crippen LogP contribution in [-0.2, 0) is 4.74 Å². The molecule has 0 spiro atoms. The molecule has 0 aliphatic carbocycles. The number of para-hydroxylation sites is 1. The van der Waals surface area contributed by atoms with Crippen LogP contribution in [0.4, 0.5) is 5.69 Å². The Kier molecular flexibility index (Phi) is 7.29. The molecular formula is C21H34N2O. The highest BCUT2D eigenvalue weighted by molar-refractivity contribution is 5.85. The topological polar surface area (TPSA) is 24.8 Å². The van der Waals surface area contributed by atoms with Crippen molar-refractivity contribution >= 4 is 11.6 Å². The van der Waals surface area contributed by atoms with Crippen LogP contribution >= 0.6 is 0 Å². The molecule has 1 aromatic rings. The molecule has 0 bridgehead atoms. The number of piperidine rings is 1. The fourth-order valence-corrected chi connectivity index (χ4v) is 3.41. The smallest absolute Gasteiger partial charge is 0.206 e. The Balaban J connectivity index is 2.34. The standard InChI is InChI=1S/C21H34N2O/c1-6-7-14-23-15-9-8-13-19(23)21(24-16(2)3)22-20-17(4)11-10-12-18(20)5/h10-12,16,19H,6-9,13-15H2,1-5H3/b22-21-. The summed E-state index contributed by atoms with van der Waals surface area (Å²) in [4.78, 5) is 7.62. The number of nitrogens with zero attached hydrogens (tertiary/aromatic N) is 2. The van der Waals surface area contributed by atoms with Gasteiger partial charge in [0.15, 0.2) is 0 Å². The first-order valence-electron chi connectivity index (χ1n) is 9.58. The third kappa shape index (κ3) is 5.07. The van der Waals surface area contributed by atoms with E-state index >= 15 is 0 Å². The highest BCUT2D eigenvalue weighted by Gasteiger charge is 2.28. The minimum absolute atomic E-state index is 0.156. The quantitative estimate of drug-likeness (QED) is 0.514. The molecule has 0 aromatic heterocycles. The number of likely N-dealkylation sites (tertiary alicyclic amines) is 1. The number of aryl methyl sites for hydroxylation is 2. The second-order valence-electron chi connectivity index (χ2n) is 7.26. The van der Waals surface area contributed by atoms with Gasteiger partial charge in [0, 0.05) is 0 Å². The Hall–Kier alpha value is -1.35. The van der Waals surface area contributed by atoms with E-state index in [4.69, 9.17) is 9.73 Å². The second kappa shape index (κ2) is 9.22. The summed E-state index contributed by atoms with van der Waals surface area (Å²) in [5, 5.41) is 0. The van der Waals surface area contributed by atoms with Gasteiger partial charge in [0.1, 0.15) is 0 Å². The van der Waals surface area contributed by atoms with Crippen molar-refractivity contribution in [1.82, 2.24) is 4.90 Å². The average molecular weight is 331 g/mol. The van der Waals surface area contributed by atoms with E-state index in [0.717, 1.165) is 31.1 Å². The van der Waals surface area contributed by atoms with E-state index in [9.17, 15) is 0 Å². The van der Waals surface area contributed by atoms with Crippen LogP contribution in [0.2, 0.25) is 0 Å². The van der Waals surface area contributed by atoms with Crippen molar-refractivity contribution in [3.63, 3.8) is 0 Å². The van der Waals surface area contributed by atoms with Crippen LogP contribution in [0.1, 0.15) is 64.0 Å². The van der Waals surface area contributed by atoms with Crippen LogP contribution in [0.15, 0.2) is 23.2 Å². The summed E-state index contributed by atoms with van der Waals surface area (Å²) in [6.45, 7) is 13.0. The summed E-state index contributed by atoms with van der Waals surface area (Å²) in [5.74, 6) is 0.915. The van der Waals surface area contributed by atoms with Crippen molar-refractivity contribution in [2.75, 3.05) is 13.1 Å². The second-order valence-corrected chi connectivity index (χ2v) is 7.26. The van der Waals surface area contributed by atoms with Crippen LogP contribution in [0.25, 0.3) is 0 Å². The lowest BCUT2D eigenvalue weighted by molar-refractivity contribution is 0.141. The zero-order chi connectivity index (χ0) is 17.5. The molecule has 0 saturated carbocycles. The van der Waals surface area contributed by atoms with E-state index in [0.29, 0.717) is 6.04 Å². The summed E-state index contributed by atoms with van der Waals surface area (Å²) in [6.07, 6.45) is 6.34. The first-order chi connectivity index (χ1) is 11.5. The molecule has 1 fully saturated rings. The van der Waals surface area contributed by atoms with Crippen molar-refractivity contribution in [3.8, 4) is 0 Å². The third-order valence-electron chi connectivity index (χ3n) is 4.72. The molecule has 1 unspecified atom stereocenters. The van der Waals surface area contributed by atoms with Crippen LogP contribution in [0, 0.1) is 13.8 Å². The molecule has 134 valence electrons. The van der Waals surface area contributed by atoms with E-state index in [1.54, 1.807) is 0 Å². The van der Waals surface area contributed by atoms with Crippen LogP contribution in [0.5, 0.6) is 0 Å². The lowest BCUT2D eigenvalue weighted by Crippen LogP contribution is -2.46. The van der Waals surface area contributed by atoms with Gasteiger partial charge in [-0.25, -0.2) is 4.99 Å². The molecule has 0 amide bonds. The zero-order valence-electron chi connectivity index (χ0n) is 16.1. The number of hydrogen-bond donors (Lipinski definition) is 0. The number of aliphatic imine (C=N–C) groups is 1. The van der Waals surface area contributed by atoms with Crippen LogP contribution < -0.4 is 0 Å². The van der Waals surface area contributed by atoms with Crippen LogP contribution in [0.3, 0.4) is 0 Å². The van der Waals surface area contributed by atoms with Gasteiger partial charge in [0.2, 0.25) is 5.90 Å². The maximum atomic E-state index is 6.22. The first-order valence-corrected chi connectivity index (χ1v) is 9.58. The number of hydrogen-bond acceptors (Lipinski definition) is 3. The van der Waals surface area contributed by atoms with Gasteiger partial charge in [-0.3, -0.25) is 4.90 Å². The highest BCUT2D eigenvalue weighted by atomic mass is 16.5. The molecule has 1 aliphatic rings. The van der Waals surface area contributed by atoms with E-state index in [-0.39, 0.29) is 6.10 Å². The van der Waals surface area contributed by atoms with Crippen molar-refractivity contribution in [2.45, 2.75) is 78.9 Å². The molecule has 3 heteroatoms. The lowest BCUT2D eigenvalue weighted by atomic mass is 10.0. The fourth-order valence-electron chi connectivity index (χ4n) is 3.41. The largest absolute Gasteiger partial charge is 0.477 e. The monoisotopic (exact) mass is 330 g/mol. The Morgan fingerprint density at radius 2 is 1.96 bits per heavy atom. The van der Waals surface area contributed by atoms with E-state index in [2.05, 4.69) is 57.7 Å². The molecule has 0 N–H and O–H groups in total. The van der Waals surface area contributed by atoms with E-state index in [1.165, 1.54) is 36.8 Å². The molecule has 1 atom stereocenters. The van der Waals surface area contributed by atoms with Gasteiger partial charge >= 0.3 is 0 Å². The molecule has 3 nitrogen and oxygen atoms in total. The van der Waals surface area contributed by atoms with Crippen molar-refractivity contribution in [2.24, 2.45) is 4.99 Å². The number of benzene rings is 1. The predicted molar refractivity (Wildman–Crippen MR) is 103 cm³/mol. The minimum atomic E-state index is 0.156. The molecule has 1 saturated heterocycles. The maximum Gasteiger partial charge on any atom is 0.206 e. The van der Waals surface area contributed by atoms with Crippen molar-refractivity contribution in [3.05, 3.63) is 29.3 Å². The Bertz CT molecular complexity index is 531. The normalized spacial score (nSPS) is 19.8. The summed E-state index contributed by atoms with van der Waals surface area (Å²) >= 11 is 0. The van der Waals surface area contributed by atoms with Crippen molar-refractivity contribution in [1.29, 1.82) is 0 Å². The lowest BCUT2D eigenvalue weighted by Gasteiger charge is -2.36. The molecule has 2 rings (SSSR count). The molecule has 1 aromatic carbocycles. The van der Waals surface area contributed by atoms with Crippen LogP contribution in [-0.4, -0.2) is 36.0 Å². The zero-order valence-corrected chi connectivity index (χ0v) is 16.1. The predicted octanol–water partition coefficient (Wildman–Crippen LogP) is 5.41.